The van der Waals surface area contributed by atoms with Crippen molar-refractivity contribution >= 4 is 17.5 Å². The van der Waals surface area contributed by atoms with Gasteiger partial charge in [-0.25, -0.2) is 14.3 Å². The normalized spacial score (nSPS) is 12.3. The maximum atomic E-state index is 12.0. The Morgan fingerprint density at radius 1 is 1.45 bits per heavy atom. The molecule has 0 aliphatic heterocycles. The van der Waals surface area contributed by atoms with Gasteiger partial charge in [0.25, 0.3) is 5.91 Å². The van der Waals surface area contributed by atoms with E-state index in [1.807, 2.05) is 0 Å². The third-order valence-corrected chi connectivity index (χ3v) is 2.88. The summed E-state index contributed by atoms with van der Waals surface area (Å²) in [5, 5.41) is 24.1. The van der Waals surface area contributed by atoms with Crippen LogP contribution in [0.25, 0.3) is 5.65 Å². The maximum Gasteiger partial charge on any atom is 0.328 e. The van der Waals surface area contributed by atoms with Crippen molar-refractivity contribution in [2.24, 2.45) is 0 Å². The Kier molecular flexibility index (Phi) is 3.66. The molecular weight excluding hydrogens is 264 g/mol. The molecule has 0 radical (unpaired) electrons. The zero-order valence-corrected chi connectivity index (χ0v) is 11.0. The minimum atomic E-state index is -1.35. The molecule has 0 saturated heterocycles. The summed E-state index contributed by atoms with van der Waals surface area (Å²) >= 11 is 0. The number of hydrogen-bond acceptors (Lipinski definition) is 5. The number of carboxylic acid groups (broad SMARTS) is 1. The summed E-state index contributed by atoms with van der Waals surface area (Å²) in [7, 11) is 0. The molecule has 0 spiro atoms. The van der Waals surface area contributed by atoms with Crippen LogP contribution in [0.1, 0.15) is 21.7 Å². The number of carbonyl (C=O) groups is 2. The number of aromatic nitrogens is 3. The van der Waals surface area contributed by atoms with E-state index < -0.39 is 24.5 Å². The SMILES string of the molecule is Cc1cc2ncc(C(=O)N[C@@H](CO)C(=O)O)c(C)n2n1. The van der Waals surface area contributed by atoms with E-state index in [2.05, 4.69) is 15.4 Å². The van der Waals surface area contributed by atoms with Crippen molar-refractivity contribution < 1.29 is 19.8 Å². The fourth-order valence-electron chi connectivity index (χ4n) is 1.81. The van der Waals surface area contributed by atoms with Gasteiger partial charge in [0.2, 0.25) is 0 Å². The van der Waals surface area contributed by atoms with E-state index in [1.165, 1.54) is 10.7 Å². The molecule has 0 aliphatic carbocycles. The fourth-order valence-corrected chi connectivity index (χ4v) is 1.81. The van der Waals surface area contributed by atoms with Gasteiger partial charge >= 0.3 is 5.97 Å². The Hall–Kier alpha value is -2.48. The van der Waals surface area contributed by atoms with Crippen molar-refractivity contribution in [1.82, 2.24) is 19.9 Å². The molecule has 1 atom stereocenters. The van der Waals surface area contributed by atoms with Gasteiger partial charge in [-0.3, -0.25) is 4.79 Å². The zero-order valence-electron chi connectivity index (χ0n) is 11.0. The highest BCUT2D eigenvalue weighted by Gasteiger charge is 2.21. The number of nitrogens with one attached hydrogen (secondary N) is 1. The van der Waals surface area contributed by atoms with E-state index in [1.54, 1.807) is 19.9 Å². The van der Waals surface area contributed by atoms with E-state index in [9.17, 15) is 9.59 Å². The zero-order chi connectivity index (χ0) is 14.9. The van der Waals surface area contributed by atoms with Crippen LogP contribution in [0, 0.1) is 13.8 Å². The molecule has 0 aromatic carbocycles. The summed E-state index contributed by atoms with van der Waals surface area (Å²) in [5.41, 5.74) is 2.12. The molecule has 20 heavy (non-hydrogen) atoms. The third-order valence-electron chi connectivity index (χ3n) is 2.88. The lowest BCUT2D eigenvalue weighted by Gasteiger charge is -2.13. The van der Waals surface area contributed by atoms with Crippen molar-refractivity contribution in [2.75, 3.05) is 6.61 Å². The number of aryl methyl sites for hydroxylation is 2. The van der Waals surface area contributed by atoms with Crippen LogP contribution < -0.4 is 5.32 Å². The first-order chi connectivity index (χ1) is 9.43. The van der Waals surface area contributed by atoms with Gasteiger partial charge in [-0.2, -0.15) is 5.10 Å². The Balaban J connectivity index is 2.35. The Labute approximate surface area is 114 Å². The number of carbonyl (C=O) groups excluding carboxylic acids is 1. The van der Waals surface area contributed by atoms with Crippen LogP contribution in [-0.4, -0.2) is 49.3 Å². The molecule has 8 nitrogen and oxygen atoms in total. The predicted molar refractivity (Wildman–Crippen MR) is 68.4 cm³/mol. The lowest BCUT2D eigenvalue weighted by Crippen LogP contribution is -2.43. The molecule has 3 N–H and O–H groups in total. The second-order valence-corrected chi connectivity index (χ2v) is 4.36. The molecule has 2 rings (SSSR count). The largest absolute Gasteiger partial charge is 0.480 e. The average Bonchev–Trinajstić information content (AvgIpc) is 2.77. The number of nitrogens with zero attached hydrogens (tertiary/aromatic N) is 3. The second-order valence-electron chi connectivity index (χ2n) is 4.36. The van der Waals surface area contributed by atoms with E-state index >= 15 is 0 Å². The van der Waals surface area contributed by atoms with Gasteiger partial charge in [-0.15, -0.1) is 0 Å². The van der Waals surface area contributed by atoms with Gasteiger partial charge in [0.15, 0.2) is 11.7 Å². The highest BCUT2D eigenvalue weighted by atomic mass is 16.4. The monoisotopic (exact) mass is 278 g/mol. The second kappa shape index (κ2) is 5.25. The molecule has 2 aromatic heterocycles. The van der Waals surface area contributed by atoms with Crippen LogP contribution in [0.3, 0.4) is 0 Å². The molecule has 0 aliphatic rings. The smallest absolute Gasteiger partial charge is 0.328 e. The van der Waals surface area contributed by atoms with E-state index in [-0.39, 0.29) is 5.56 Å². The predicted octanol–water partition coefficient (Wildman–Crippen LogP) is -0.479. The quantitative estimate of drug-likeness (QED) is 0.695. The number of rotatable bonds is 4. The van der Waals surface area contributed by atoms with E-state index in [4.69, 9.17) is 10.2 Å². The standard InChI is InChI=1S/C12H14N4O4/c1-6-3-10-13-4-8(7(2)16(10)15-6)11(18)14-9(5-17)12(19)20/h3-4,9,17H,5H2,1-2H3,(H,14,18)(H,19,20)/t9-/m0/s1. The van der Waals surface area contributed by atoms with Crippen molar-refractivity contribution in [3.05, 3.63) is 29.2 Å². The van der Waals surface area contributed by atoms with Crippen LogP contribution in [0.15, 0.2) is 12.3 Å². The summed E-state index contributed by atoms with van der Waals surface area (Å²) in [6.45, 7) is 2.81. The lowest BCUT2D eigenvalue weighted by molar-refractivity contribution is -0.140. The molecule has 2 heterocycles. The number of aliphatic hydroxyl groups excluding tert-OH is 1. The van der Waals surface area contributed by atoms with Crippen molar-refractivity contribution in [2.45, 2.75) is 19.9 Å². The van der Waals surface area contributed by atoms with Crippen molar-refractivity contribution in [3.63, 3.8) is 0 Å². The number of aliphatic hydroxyl groups is 1. The van der Waals surface area contributed by atoms with Crippen LogP contribution in [0.4, 0.5) is 0 Å². The minimum Gasteiger partial charge on any atom is -0.480 e. The average molecular weight is 278 g/mol. The van der Waals surface area contributed by atoms with Crippen LogP contribution in [-0.2, 0) is 4.79 Å². The topological polar surface area (TPSA) is 117 Å². The summed E-state index contributed by atoms with van der Waals surface area (Å²) in [6.07, 6.45) is 1.36. The summed E-state index contributed by atoms with van der Waals surface area (Å²) < 4.78 is 1.51. The molecule has 106 valence electrons. The van der Waals surface area contributed by atoms with Crippen LogP contribution in [0.5, 0.6) is 0 Å². The van der Waals surface area contributed by atoms with Gasteiger partial charge in [0.05, 0.1) is 23.6 Å². The van der Waals surface area contributed by atoms with Gasteiger partial charge in [0.1, 0.15) is 0 Å². The molecule has 0 saturated carbocycles. The fraction of sp³-hybridized carbons (Fsp3) is 0.333. The van der Waals surface area contributed by atoms with E-state index in [0.29, 0.717) is 11.3 Å². The Morgan fingerprint density at radius 3 is 2.75 bits per heavy atom. The number of aliphatic carboxylic acids is 1. The first-order valence-electron chi connectivity index (χ1n) is 5.90. The van der Waals surface area contributed by atoms with Crippen molar-refractivity contribution in [1.29, 1.82) is 0 Å². The molecule has 0 bridgehead atoms. The van der Waals surface area contributed by atoms with Gasteiger partial charge < -0.3 is 15.5 Å². The highest BCUT2D eigenvalue weighted by molar-refractivity contribution is 5.97. The number of amides is 1. The number of fused-ring (bicyclic) bond motifs is 1. The molecular formula is C12H14N4O4. The number of hydrogen-bond donors (Lipinski definition) is 3. The first kappa shape index (κ1) is 13.9. The Morgan fingerprint density at radius 2 is 2.15 bits per heavy atom. The summed E-state index contributed by atoms with van der Waals surface area (Å²) in [4.78, 5) is 26.9. The molecule has 8 heteroatoms. The van der Waals surface area contributed by atoms with Gasteiger partial charge in [-0.1, -0.05) is 0 Å². The Bertz CT molecular complexity index is 679. The lowest BCUT2D eigenvalue weighted by atomic mass is 10.2. The highest BCUT2D eigenvalue weighted by Crippen LogP contribution is 2.11. The van der Waals surface area contributed by atoms with Gasteiger partial charge in [-0.05, 0) is 13.8 Å². The van der Waals surface area contributed by atoms with Crippen molar-refractivity contribution in [3.8, 4) is 0 Å². The first-order valence-corrected chi connectivity index (χ1v) is 5.90. The molecule has 2 aromatic rings. The number of carboxylic acids is 1. The van der Waals surface area contributed by atoms with E-state index in [0.717, 1.165) is 5.69 Å². The van der Waals surface area contributed by atoms with Crippen LogP contribution in [0.2, 0.25) is 0 Å². The van der Waals surface area contributed by atoms with Gasteiger partial charge in [0, 0.05) is 12.3 Å². The summed E-state index contributed by atoms with van der Waals surface area (Å²) in [5.74, 6) is -1.92. The summed E-state index contributed by atoms with van der Waals surface area (Å²) in [6, 6.07) is 0.416. The maximum absolute atomic E-state index is 12.0. The molecule has 0 unspecified atom stereocenters. The van der Waals surface area contributed by atoms with Crippen LogP contribution >= 0.6 is 0 Å². The minimum absolute atomic E-state index is 0.209. The molecule has 1 amide bonds. The third kappa shape index (κ3) is 2.45. The molecule has 0 fully saturated rings.